The number of hydrogen-bond donors (Lipinski definition) is 2. The number of carbonyl (C=O) groups is 1. The van der Waals surface area contributed by atoms with Crippen LogP contribution < -0.4 is 10.6 Å². The predicted molar refractivity (Wildman–Crippen MR) is 169 cm³/mol. The van der Waals surface area contributed by atoms with Gasteiger partial charge in [-0.05, 0) is 73.8 Å². The monoisotopic (exact) mass is 664 g/mol. The first-order valence-electron chi connectivity index (χ1n) is 12.5. The van der Waals surface area contributed by atoms with E-state index in [1.165, 1.54) is 0 Å². The number of benzene rings is 1. The molecule has 2 aromatic heterocycles. The summed E-state index contributed by atoms with van der Waals surface area (Å²) < 4.78 is 1.93. The second-order valence-corrected chi connectivity index (χ2v) is 11.7. The van der Waals surface area contributed by atoms with Crippen LogP contribution in [0.25, 0.3) is 20.7 Å². The van der Waals surface area contributed by atoms with Crippen molar-refractivity contribution in [2.45, 2.75) is 45.2 Å². The van der Waals surface area contributed by atoms with Crippen LogP contribution in [0.15, 0.2) is 34.9 Å². The molecule has 0 unspecified atom stereocenters. The van der Waals surface area contributed by atoms with E-state index >= 15 is 0 Å². The smallest absolute Gasteiger partial charge is 0.252 e. The van der Waals surface area contributed by atoms with Gasteiger partial charge in [-0.25, -0.2) is 9.97 Å². The number of rotatable bonds is 9. The van der Waals surface area contributed by atoms with Gasteiger partial charge in [0.05, 0.1) is 9.35 Å². The number of fused-ring (bicyclic) bond motifs is 1. The lowest BCUT2D eigenvalue weighted by atomic mass is 10.1. The number of anilines is 1. The van der Waals surface area contributed by atoms with Crippen molar-refractivity contribution in [1.29, 1.82) is 0 Å². The first kappa shape index (κ1) is 33.0. The molecule has 1 amide bonds. The van der Waals surface area contributed by atoms with Crippen molar-refractivity contribution in [2.75, 3.05) is 44.6 Å². The molecular weight excluding hydrogens is 631 g/mol. The first-order chi connectivity index (χ1) is 17.0. The number of hydrogen-bond acceptors (Lipinski definition) is 7. The number of nitrogens with zero attached hydrogens (tertiary/aromatic N) is 4. The van der Waals surface area contributed by atoms with Crippen LogP contribution >= 0.6 is 64.5 Å². The molecule has 0 bridgehead atoms. The van der Waals surface area contributed by atoms with Crippen LogP contribution in [-0.4, -0.2) is 77.0 Å². The Morgan fingerprint density at radius 3 is 2.58 bits per heavy atom. The molecule has 0 spiro atoms. The van der Waals surface area contributed by atoms with Gasteiger partial charge in [-0.1, -0.05) is 6.07 Å². The van der Waals surface area contributed by atoms with E-state index in [0.717, 1.165) is 89.2 Å². The van der Waals surface area contributed by atoms with E-state index < -0.39 is 0 Å². The molecule has 2 aliphatic rings. The van der Waals surface area contributed by atoms with Crippen LogP contribution in [0.4, 0.5) is 5.95 Å². The van der Waals surface area contributed by atoms with Gasteiger partial charge in [-0.3, -0.25) is 9.69 Å². The molecule has 0 radical (unpaired) electrons. The summed E-state index contributed by atoms with van der Waals surface area (Å²) in [5, 5.41) is 7.48. The number of piperazine rings is 1. The Morgan fingerprint density at radius 2 is 1.89 bits per heavy atom. The largest absolute Gasteiger partial charge is 0.354 e. The van der Waals surface area contributed by atoms with E-state index in [1.807, 2.05) is 12.1 Å². The summed E-state index contributed by atoms with van der Waals surface area (Å²) in [6.07, 6.45) is 5.02. The summed E-state index contributed by atoms with van der Waals surface area (Å²) in [5.74, 6) is 0.647. The zero-order valence-corrected chi connectivity index (χ0v) is 26.5. The highest BCUT2D eigenvalue weighted by Crippen LogP contribution is 2.37. The summed E-state index contributed by atoms with van der Waals surface area (Å²) in [6.45, 7) is 11.1. The van der Waals surface area contributed by atoms with Crippen LogP contribution in [0, 0.1) is 0 Å². The van der Waals surface area contributed by atoms with Gasteiger partial charge in [-0.2, -0.15) is 0 Å². The molecule has 1 saturated carbocycles. The Morgan fingerprint density at radius 1 is 1.16 bits per heavy atom. The number of nitrogens with one attached hydrogen (secondary N) is 2. The van der Waals surface area contributed by atoms with Gasteiger partial charge < -0.3 is 15.5 Å². The van der Waals surface area contributed by atoms with E-state index in [4.69, 9.17) is 4.98 Å². The third-order valence-electron chi connectivity index (χ3n) is 6.77. The zero-order valence-electron chi connectivity index (χ0n) is 21.6. The predicted octanol–water partition coefficient (Wildman–Crippen LogP) is 6.11. The normalized spacial score (nSPS) is 15.9. The van der Waals surface area contributed by atoms with Crippen molar-refractivity contribution in [3.05, 3.63) is 40.5 Å². The number of halogens is 4. The highest BCUT2D eigenvalue weighted by Gasteiger charge is 2.25. The molecule has 1 aromatic carbocycles. The Balaban J connectivity index is 0.00000169. The number of carbonyl (C=O) groups excluding carboxylic acids is 1. The highest BCUT2D eigenvalue weighted by atomic mass is 79.9. The Hall–Kier alpha value is -1.20. The zero-order chi connectivity index (χ0) is 24.4. The fourth-order valence-corrected chi connectivity index (χ4v) is 6.12. The van der Waals surface area contributed by atoms with Crippen LogP contribution in [0.1, 0.15) is 43.5 Å². The Bertz CT molecular complexity index is 1200. The van der Waals surface area contributed by atoms with Gasteiger partial charge in [0.2, 0.25) is 5.95 Å². The summed E-state index contributed by atoms with van der Waals surface area (Å²) in [6, 6.07) is 8.97. The fraction of sp³-hybridized carbons (Fsp3) is 0.500. The van der Waals surface area contributed by atoms with Crippen LogP contribution in [0.2, 0.25) is 0 Å². The molecule has 1 aliphatic heterocycles. The molecule has 38 heavy (non-hydrogen) atoms. The summed E-state index contributed by atoms with van der Waals surface area (Å²) >= 11 is 5.28. The first-order valence-corrected chi connectivity index (χ1v) is 14.2. The summed E-state index contributed by atoms with van der Waals surface area (Å²) in [4.78, 5) is 28.1. The van der Waals surface area contributed by atoms with Crippen molar-refractivity contribution >= 4 is 86.4 Å². The molecule has 12 heteroatoms. The maximum atomic E-state index is 12.7. The molecule has 3 aromatic rings. The van der Waals surface area contributed by atoms with Crippen molar-refractivity contribution < 1.29 is 4.79 Å². The quantitative estimate of drug-likeness (QED) is 0.269. The third kappa shape index (κ3) is 8.16. The highest BCUT2D eigenvalue weighted by molar-refractivity contribution is 9.10. The second kappa shape index (κ2) is 15.0. The van der Waals surface area contributed by atoms with Crippen molar-refractivity contribution in [3.8, 4) is 10.6 Å². The van der Waals surface area contributed by atoms with Crippen molar-refractivity contribution in [1.82, 2.24) is 25.1 Å². The molecule has 1 saturated heterocycles. The Labute approximate surface area is 255 Å². The van der Waals surface area contributed by atoms with Gasteiger partial charge in [0, 0.05) is 66.7 Å². The number of aromatic nitrogens is 2. The van der Waals surface area contributed by atoms with E-state index in [2.05, 4.69) is 67.3 Å². The maximum absolute atomic E-state index is 12.7. The molecule has 0 atom stereocenters. The van der Waals surface area contributed by atoms with Gasteiger partial charge in [0.15, 0.2) is 0 Å². The minimum absolute atomic E-state index is 0. The average molecular weight is 667 g/mol. The van der Waals surface area contributed by atoms with Gasteiger partial charge in [0.1, 0.15) is 5.69 Å². The van der Waals surface area contributed by atoms with Crippen molar-refractivity contribution in [3.63, 3.8) is 0 Å². The van der Waals surface area contributed by atoms with E-state index in [9.17, 15) is 4.79 Å². The molecule has 3 heterocycles. The second-order valence-electron chi connectivity index (χ2n) is 9.72. The number of amides is 1. The molecule has 210 valence electrons. The van der Waals surface area contributed by atoms with E-state index in [-0.39, 0.29) is 43.1 Å². The summed E-state index contributed by atoms with van der Waals surface area (Å²) in [7, 11) is 0. The molecule has 5 rings (SSSR count). The van der Waals surface area contributed by atoms with Crippen LogP contribution in [-0.2, 0) is 0 Å². The van der Waals surface area contributed by atoms with Gasteiger partial charge in [-0.15, -0.1) is 48.6 Å². The lowest BCUT2D eigenvalue weighted by molar-refractivity contribution is 0.0952. The van der Waals surface area contributed by atoms with Crippen molar-refractivity contribution in [2.24, 2.45) is 0 Å². The van der Waals surface area contributed by atoms with Gasteiger partial charge >= 0.3 is 0 Å². The minimum atomic E-state index is 0. The SMILES string of the molecule is CC(C)N1CCN(CCCNc2ncc(Br)c(-c3cc4c(C(=O)NC5CC5)cccc4s3)n2)CC1.Cl.Cl.Cl. The molecular formula is C26H36BrCl3N6OS. The van der Waals surface area contributed by atoms with Gasteiger partial charge in [0.25, 0.3) is 5.91 Å². The Kier molecular flexibility index (Phi) is 13.0. The summed E-state index contributed by atoms with van der Waals surface area (Å²) in [5.41, 5.74) is 1.58. The fourth-order valence-electron chi connectivity index (χ4n) is 4.50. The van der Waals surface area contributed by atoms with Crippen LogP contribution in [0.3, 0.4) is 0 Å². The number of thiophene rings is 1. The molecule has 7 nitrogen and oxygen atoms in total. The minimum Gasteiger partial charge on any atom is -0.354 e. The lowest BCUT2D eigenvalue weighted by Gasteiger charge is -2.36. The van der Waals surface area contributed by atoms with Crippen LogP contribution in [0.5, 0.6) is 0 Å². The third-order valence-corrected chi connectivity index (χ3v) is 8.45. The average Bonchev–Trinajstić information content (AvgIpc) is 3.56. The molecule has 2 N–H and O–H groups in total. The molecule has 1 aliphatic carbocycles. The standard InChI is InChI=1S/C26H33BrN6OS.3ClH/c1-17(2)33-13-11-32(12-14-33)10-4-9-28-26-29-16-21(27)24(31-26)23-15-20-19(5-3-6-22(20)35-23)25(34)30-18-7-8-18;;;/h3,5-6,15-18H,4,7-14H2,1-2H3,(H,30,34)(H,28,29,31);3*1H. The topological polar surface area (TPSA) is 73.4 Å². The van der Waals surface area contributed by atoms with E-state index in [1.54, 1.807) is 17.5 Å². The lowest BCUT2D eigenvalue weighted by Crippen LogP contribution is -2.49. The maximum Gasteiger partial charge on any atom is 0.252 e. The molecule has 2 fully saturated rings. The van der Waals surface area contributed by atoms with E-state index in [0.29, 0.717) is 18.0 Å².